The molecule has 0 aliphatic rings. The number of pyridine rings is 4. The minimum absolute atomic E-state index is 0.508. The molecule has 0 N–H and O–H groups in total. The van der Waals surface area contributed by atoms with Gasteiger partial charge in [-0.25, -0.2) is 0 Å². The van der Waals surface area contributed by atoms with Gasteiger partial charge in [-0.3, -0.25) is 19.9 Å². The van der Waals surface area contributed by atoms with Gasteiger partial charge in [-0.1, -0.05) is 267 Å². The van der Waals surface area contributed by atoms with Crippen molar-refractivity contribution in [3.63, 3.8) is 0 Å². The number of nitrogens with zero attached hydrogens (tertiary/aromatic N) is 4. The molecule has 0 aliphatic heterocycles. The zero-order chi connectivity index (χ0) is 55.7. The van der Waals surface area contributed by atoms with Crippen LogP contribution in [0.5, 0.6) is 0 Å². The van der Waals surface area contributed by atoms with Gasteiger partial charge in [0.2, 0.25) is 0 Å². The van der Waals surface area contributed by atoms with Crippen molar-refractivity contribution in [2.45, 2.75) is 0 Å². The van der Waals surface area contributed by atoms with Crippen LogP contribution in [0.2, 0.25) is 0 Å². The molecule has 4 aromatic heterocycles. The molecule has 0 atom stereocenters. The Hall–Kier alpha value is -5.42. The predicted molar refractivity (Wildman–Crippen MR) is 360 cm³/mol. The van der Waals surface area contributed by atoms with Gasteiger partial charge < -0.3 is 0 Å². The number of hydrogen-bond donors (Lipinski definition) is 0. The molecule has 404 valence electrons. The van der Waals surface area contributed by atoms with E-state index in [1.807, 2.05) is 73.8 Å². The van der Waals surface area contributed by atoms with E-state index in [4.69, 9.17) is 0 Å². The summed E-state index contributed by atoms with van der Waals surface area (Å²) in [6, 6.07) is 102. The maximum atomic E-state index is 4.27. The summed E-state index contributed by atoms with van der Waals surface area (Å²) in [6.07, 6.45) is 15.2. The first kappa shape index (κ1) is 62.2. The van der Waals surface area contributed by atoms with Crippen molar-refractivity contribution >= 4 is 136 Å². The summed E-state index contributed by atoms with van der Waals surface area (Å²) >= 11 is 11.7. The molecular formula is C68H56Cu2I2N4P4. The van der Waals surface area contributed by atoms with Gasteiger partial charge in [0.15, 0.2) is 0 Å². The summed E-state index contributed by atoms with van der Waals surface area (Å²) in [4.78, 5) is 17.1. The molecule has 4 nitrogen and oxygen atoms in total. The van der Waals surface area contributed by atoms with E-state index in [2.05, 4.69) is 312 Å². The summed E-state index contributed by atoms with van der Waals surface area (Å²) < 4.78 is 0. The Kier molecular flexibility index (Phi) is 28.6. The van der Waals surface area contributed by atoms with Crippen LogP contribution in [0.25, 0.3) is 0 Å². The number of hydrogen-bond acceptors (Lipinski definition) is 4. The maximum absolute atomic E-state index is 4.27. The third-order valence-electron chi connectivity index (χ3n) is 11.7. The van der Waals surface area contributed by atoms with E-state index in [1.54, 1.807) is 40.7 Å². The monoisotopic (exact) mass is 1430 g/mol. The van der Waals surface area contributed by atoms with Gasteiger partial charge in [0, 0.05) is 70.8 Å². The van der Waals surface area contributed by atoms with Crippen LogP contribution >= 0.6 is 72.4 Å². The second-order valence-corrected chi connectivity index (χ2v) is 25.8. The van der Waals surface area contributed by atoms with E-state index in [-0.39, 0.29) is 0 Å². The van der Waals surface area contributed by atoms with Gasteiger partial charge in [0.05, 0.1) is 0 Å². The Morgan fingerprint density at radius 2 is 0.300 bits per heavy atom. The van der Waals surface area contributed by atoms with E-state index >= 15 is 0 Å². The number of aromatic nitrogens is 4. The molecule has 12 aromatic rings. The maximum Gasteiger partial charge on any atom is 0.0351 e. The SMILES string of the molecule is [Cu][I].[Cu][I].c1ccc(P(c2ccccc2)c2cccnc2)cc1.c1ccc(P(c2ccccc2)c2cccnc2)cc1.c1ccc(P(c2ccccc2)c2cccnc2)cc1.c1ccc(P(c2ccccc2)c2cccnc2)cc1. The van der Waals surface area contributed by atoms with Crippen LogP contribution in [-0.2, 0) is 25.5 Å². The average Bonchev–Trinajstić information content (AvgIpc) is 3.57. The Balaban J connectivity index is 0.000000151. The zero-order valence-corrected chi connectivity index (χ0v) is 53.0. The summed E-state index contributed by atoms with van der Waals surface area (Å²) in [6.45, 7) is 0. The van der Waals surface area contributed by atoms with Crippen molar-refractivity contribution in [3.05, 3.63) is 341 Å². The summed E-state index contributed by atoms with van der Waals surface area (Å²) in [7, 11) is -2.03. The Bertz CT molecular complexity index is 2620. The van der Waals surface area contributed by atoms with Crippen molar-refractivity contribution in [1.29, 1.82) is 0 Å². The van der Waals surface area contributed by atoms with E-state index < -0.39 is 31.7 Å². The van der Waals surface area contributed by atoms with Gasteiger partial charge in [-0.15, -0.1) is 0 Å². The van der Waals surface area contributed by atoms with Crippen molar-refractivity contribution in [3.8, 4) is 0 Å². The third-order valence-corrected chi connectivity index (χ3v) is 21.4. The van der Waals surface area contributed by atoms with Gasteiger partial charge in [0.1, 0.15) is 0 Å². The molecule has 0 fully saturated rings. The first-order valence-corrected chi connectivity index (χ1v) is 36.7. The molecule has 0 amide bonds. The third kappa shape index (κ3) is 19.4. The van der Waals surface area contributed by atoms with Gasteiger partial charge in [-0.05, 0) is 98.4 Å². The van der Waals surface area contributed by atoms with Crippen molar-refractivity contribution < 1.29 is 25.5 Å². The Labute approximate surface area is 517 Å². The predicted octanol–water partition coefficient (Wildman–Crippen LogP) is 13.1. The molecule has 0 aliphatic carbocycles. The molecule has 0 saturated carbocycles. The van der Waals surface area contributed by atoms with Gasteiger partial charge in [0.25, 0.3) is 0 Å². The average molecular weight is 1430 g/mol. The normalized spacial score (nSPS) is 10.2. The molecule has 0 bridgehead atoms. The summed E-state index contributed by atoms with van der Waals surface area (Å²) in [5.74, 6) is 0. The van der Waals surface area contributed by atoms with E-state index in [0.717, 1.165) is 0 Å². The molecule has 0 radical (unpaired) electrons. The molecule has 0 spiro atoms. The Morgan fingerprint density at radius 1 is 0.175 bits per heavy atom. The molecule has 80 heavy (non-hydrogen) atoms. The number of halogens is 2. The van der Waals surface area contributed by atoms with E-state index in [1.165, 1.54) is 63.7 Å². The molecule has 12 heteroatoms. The first-order valence-electron chi connectivity index (χ1n) is 25.2. The van der Waals surface area contributed by atoms with Gasteiger partial charge >= 0.3 is 66.2 Å². The molecule has 0 unspecified atom stereocenters. The van der Waals surface area contributed by atoms with Crippen LogP contribution < -0.4 is 63.7 Å². The first-order chi connectivity index (χ1) is 39.8. The second kappa shape index (κ2) is 36.8. The van der Waals surface area contributed by atoms with Crippen LogP contribution in [0.3, 0.4) is 0 Å². The Morgan fingerprint density at radius 3 is 0.412 bits per heavy atom. The van der Waals surface area contributed by atoms with Crippen LogP contribution in [0.4, 0.5) is 0 Å². The minimum Gasteiger partial charge on any atom is -0.264 e. The summed E-state index contributed by atoms with van der Waals surface area (Å²) in [5, 5.41) is 16.0. The van der Waals surface area contributed by atoms with Gasteiger partial charge in [-0.2, -0.15) is 0 Å². The largest absolute Gasteiger partial charge is 0.264 e. The second-order valence-electron chi connectivity index (χ2n) is 16.9. The minimum atomic E-state index is -0.508. The fourth-order valence-corrected chi connectivity index (χ4v) is 17.4. The number of rotatable bonds is 12. The van der Waals surface area contributed by atoms with Crippen LogP contribution in [-0.4, -0.2) is 19.9 Å². The van der Waals surface area contributed by atoms with Crippen LogP contribution in [0.1, 0.15) is 0 Å². The molecule has 8 aromatic carbocycles. The van der Waals surface area contributed by atoms with Crippen LogP contribution in [0.15, 0.2) is 341 Å². The topological polar surface area (TPSA) is 51.6 Å². The van der Waals surface area contributed by atoms with E-state index in [0.29, 0.717) is 0 Å². The van der Waals surface area contributed by atoms with Crippen LogP contribution in [0, 0.1) is 0 Å². The quantitative estimate of drug-likeness (QED) is 0.0695. The fourth-order valence-electron chi connectivity index (χ4n) is 8.35. The fraction of sp³-hybridized carbons (Fsp3) is 0. The summed E-state index contributed by atoms with van der Waals surface area (Å²) in [5.41, 5.74) is 0. The smallest absolute Gasteiger partial charge is 0.0351 e. The van der Waals surface area contributed by atoms with Crippen molar-refractivity contribution in [2.24, 2.45) is 0 Å². The molecule has 12 rings (SSSR count). The molecule has 4 heterocycles. The van der Waals surface area contributed by atoms with Crippen molar-refractivity contribution in [2.75, 3.05) is 0 Å². The molecular weight excluding hydrogens is 1380 g/mol. The standard InChI is InChI=1S/4C17H14NP.2Cu.2HI/c4*1-3-8-15(9-4-1)19(16-10-5-2-6-11-16)17-12-7-13-18-14-17;;;;/h4*1-14H;;;2*1H/q;;;;2*+1;;/p-2. The van der Waals surface area contributed by atoms with Crippen molar-refractivity contribution in [1.82, 2.24) is 19.9 Å². The zero-order valence-electron chi connectivity index (χ0n) is 43.3. The number of benzene rings is 8. The molecule has 0 saturated heterocycles. The van der Waals surface area contributed by atoms with E-state index in [9.17, 15) is 0 Å².